The third-order valence-electron chi connectivity index (χ3n) is 3.33. The van der Waals surface area contributed by atoms with Crippen LogP contribution in [0.2, 0.25) is 0 Å². The molecule has 0 atom stereocenters. The lowest BCUT2D eigenvalue weighted by atomic mass is 10.1. The van der Waals surface area contributed by atoms with E-state index in [-0.39, 0.29) is 0 Å². The summed E-state index contributed by atoms with van der Waals surface area (Å²) in [4.78, 5) is 4.46. The molecule has 0 saturated carbocycles. The lowest BCUT2D eigenvalue weighted by molar-refractivity contribution is 0.304. The maximum Gasteiger partial charge on any atom is 0.122 e. The number of unbranched alkanes of at least 4 members (excludes halogenated alkanes) is 1. The molecule has 0 spiro atoms. The van der Waals surface area contributed by atoms with Gasteiger partial charge in [0.15, 0.2) is 0 Å². The van der Waals surface area contributed by atoms with E-state index in [1.807, 2.05) is 17.5 Å². The largest absolute Gasteiger partial charge is 0.493 e. The molecule has 0 unspecified atom stereocenters. The van der Waals surface area contributed by atoms with Crippen molar-refractivity contribution in [1.29, 1.82) is 0 Å². The van der Waals surface area contributed by atoms with Gasteiger partial charge in [-0.25, -0.2) is 4.98 Å². The molecule has 1 heterocycles. The van der Waals surface area contributed by atoms with Crippen LogP contribution >= 0.6 is 22.9 Å². The van der Waals surface area contributed by atoms with Crippen LogP contribution in [0.4, 0.5) is 0 Å². The zero-order valence-corrected chi connectivity index (χ0v) is 13.6. The van der Waals surface area contributed by atoms with Crippen LogP contribution in [-0.4, -0.2) is 11.6 Å². The first kappa shape index (κ1) is 15.3. The molecule has 0 aliphatic carbocycles. The topological polar surface area (TPSA) is 22.1 Å². The van der Waals surface area contributed by atoms with Gasteiger partial charge in [0, 0.05) is 5.38 Å². The Morgan fingerprint density at radius 1 is 1.25 bits per heavy atom. The first-order valence-corrected chi connectivity index (χ1v) is 8.30. The van der Waals surface area contributed by atoms with E-state index in [0.29, 0.717) is 5.88 Å². The molecular formula is C16H20ClNOS. The third kappa shape index (κ3) is 4.22. The molecule has 0 radical (unpaired) electrons. The average Bonchev–Trinajstić information content (AvgIpc) is 2.91. The molecule has 0 fully saturated rings. The smallest absolute Gasteiger partial charge is 0.122 e. The second-order valence-electron chi connectivity index (χ2n) is 4.87. The Hall–Kier alpha value is -1.06. The van der Waals surface area contributed by atoms with Gasteiger partial charge in [-0.15, -0.1) is 22.9 Å². The molecule has 108 valence electrons. The summed E-state index contributed by atoms with van der Waals surface area (Å²) >= 11 is 7.44. The molecule has 0 saturated heterocycles. The van der Waals surface area contributed by atoms with Crippen molar-refractivity contribution in [2.24, 2.45) is 0 Å². The number of thiazole rings is 1. The van der Waals surface area contributed by atoms with Crippen LogP contribution in [0.15, 0.2) is 23.6 Å². The summed E-state index contributed by atoms with van der Waals surface area (Å²) in [5.41, 5.74) is 3.50. The highest BCUT2D eigenvalue weighted by atomic mass is 35.5. The summed E-state index contributed by atoms with van der Waals surface area (Å²) in [5.74, 6) is 1.51. The molecular weight excluding hydrogens is 290 g/mol. The molecule has 2 aromatic rings. The standard InChI is InChI=1S/C16H20ClNOS/c1-12-6-5-7-15(13(12)2)19-9-4-3-8-16-18-14(10-17)11-20-16/h5-7,11H,3-4,8-10H2,1-2H3. The maximum atomic E-state index is 5.84. The van der Waals surface area contributed by atoms with Gasteiger partial charge in [-0.2, -0.15) is 0 Å². The van der Waals surface area contributed by atoms with E-state index in [1.165, 1.54) is 16.1 Å². The fourth-order valence-corrected chi connectivity index (χ4v) is 3.03. The fourth-order valence-electron chi connectivity index (χ4n) is 1.97. The highest BCUT2D eigenvalue weighted by Crippen LogP contribution is 2.21. The second-order valence-corrected chi connectivity index (χ2v) is 6.08. The van der Waals surface area contributed by atoms with Crippen LogP contribution in [0.5, 0.6) is 5.75 Å². The van der Waals surface area contributed by atoms with E-state index in [4.69, 9.17) is 16.3 Å². The minimum atomic E-state index is 0.506. The number of aromatic nitrogens is 1. The molecule has 2 nitrogen and oxygen atoms in total. The molecule has 2 rings (SSSR count). The summed E-state index contributed by atoms with van der Waals surface area (Å²) in [6.07, 6.45) is 3.15. The summed E-state index contributed by atoms with van der Waals surface area (Å²) < 4.78 is 5.84. The van der Waals surface area contributed by atoms with Crippen molar-refractivity contribution in [2.75, 3.05) is 6.61 Å². The fraction of sp³-hybridized carbons (Fsp3) is 0.438. The molecule has 0 aliphatic heterocycles. The first-order valence-electron chi connectivity index (χ1n) is 6.89. The van der Waals surface area contributed by atoms with Gasteiger partial charge < -0.3 is 4.74 Å². The van der Waals surface area contributed by atoms with Crippen molar-refractivity contribution in [3.05, 3.63) is 45.4 Å². The predicted molar refractivity (Wildman–Crippen MR) is 86.0 cm³/mol. The van der Waals surface area contributed by atoms with Gasteiger partial charge in [0.2, 0.25) is 0 Å². The van der Waals surface area contributed by atoms with Gasteiger partial charge >= 0.3 is 0 Å². The van der Waals surface area contributed by atoms with Gasteiger partial charge in [0.25, 0.3) is 0 Å². The number of hydrogen-bond acceptors (Lipinski definition) is 3. The van der Waals surface area contributed by atoms with Crippen LogP contribution in [0.1, 0.15) is 34.7 Å². The van der Waals surface area contributed by atoms with Gasteiger partial charge in [-0.1, -0.05) is 12.1 Å². The molecule has 1 aromatic heterocycles. The SMILES string of the molecule is Cc1cccc(OCCCCc2nc(CCl)cs2)c1C. The lowest BCUT2D eigenvalue weighted by Crippen LogP contribution is -2.00. The maximum absolute atomic E-state index is 5.84. The molecule has 0 N–H and O–H groups in total. The number of aryl methyl sites for hydroxylation is 2. The number of nitrogens with zero attached hydrogens (tertiary/aromatic N) is 1. The zero-order valence-electron chi connectivity index (χ0n) is 12.0. The van der Waals surface area contributed by atoms with E-state index in [1.54, 1.807) is 11.3 Å². The highest BCUT2D eigenvalue weighted by molar-refractivity contribution is 7.09. The number of ether oxygens (including phenoxy) is 1. The van der Waals surface area contributed by atoms with E-state index in [0.717, 1.165) is 37.3 Å². The molecule has 0 bridgehead atoms. The summed E-state index contributed by atoms with van der Waals surface area (Å²) in [7, 11) is 0. The molecule has 0 aliphatic rings. The Labute approximate surface area is 129 Å². The zero-order chi connectivity index (χ0) is 14.4. The number of rotatable bonds is 7. The van der Waals surface area contributed by atoms with E-state index in [9.17, 15) is 0 Å². The normalized spacial score (nSPS) is 10.8. The first-order chi connectivity index (χ1) is 9.70. The minimum Gasteiger partial charge on any atom is -0.493 e. The summed E-state index contributed by atoms with van der Waals surface area (Å²) in [5, 5.41) is 3.21. The van der Waals surface area contributed by atoms with Crippen LogP contribution in [0.3, 0.4) is 0 Å². The monoisotopic (exact) mass is 309 g/mol. The number of alkyl halides is 1. The minimum absolute atomic E-state index is 0.506. The van der Waals surface area contributed by atoms with Gasteiger partial charge in [-0.3, -0.25) is 0 Å². The Balaban J connectivity index is 1.70. The molecule has 4 heteroatoms. The molecule has 0 amide bonds. The van der Waals surface area contributed by atoms with Crippen molar-refractivity contribution in [3.8, 4) is 5.75 Å². The Bertz CT molecular complexity index is 553. The van der Waals surface area contributed by atoms with Crippen molar-refractivity contribution >= 4 is 22.9 Å². The van der Waals surface area contributed by atoms with Crippen molar-refractivity contribution in [2.45, 2.75) is 39.0 Å². The quantitative estimate of drug-likeness (QED) is 0.536. The molecule has 1 aromatic carbocycles. The lowest BCUT2D eigenvalue weighted by Gasteiger charge is -2.10. The number of hydrogen-bond donors (Lipinski definition) is 0. The van der Waals surface area contributed by atoms with E-state index in [2.05, 4.69) is 24.9 Å². The Morgan fingerprint density at radius 3 is 2.85 bits per heavy atom. The van der Waals surface area contributed by atoms with Gasteiger partial charge in [-0.05, 0) is 50.3 Å². The second kappa shape index (κ2) is 7.65. The Kier molecular flexibility index (Phi) is 5.86. The van der Waals surface area contributed by atoms with E-state index >= 15 is 0 Å². The average molecular weight is 310 g/mol. The van der Waals surface area contributed by atoms with Crippen LogP contribution in [-0.2, 0) is 12.3 Å². The van der Waals surface area contributed by atoms with Crippen molar-refractivity contribution in [1.82, 2.24) is 4.98 Å². The predicted octanol–water partition coefficient (Wildman–Crippen LogP) is 4.90. The third-order valence-corrected chi connectivity index (χ3v) is 4.56. The summed E-state index contributed by atoms with van der Waals surface area (Å²) in [6.45, 7) is 4.98. The van der Waals surface area contributed by atoms with Crippen LogP contribution < -0.4 is 4.74 Å². The number of benzene rings is 1. The Morgan fingerprint density at radius 2 is 2.10 bits per heavy atom. The van der Waals surface area contributed by atoms with Gasteiger partial charge in [0.1, 0.15) is 5.75 Å². The van der Waals surface area contributed by atoms with Crippen molar-refractivity contribution in [3.63, 3.8) is 0 Å². The number of halogens is 1. The van der Waals surface area contributed by atoms with E-state index < -0.39 is 0 Å². The van der Waals surface area contributed by atoms with Crippen LogP contribution in [0, 0.1) is 13.8 Å². The summed E-state index contributed by atoms with van der Waals surface area (Å²) in [6, 6.07) is 6.19. The highest BCUT2D eigenvalue weighted by Gasteiger charge is 2.03. The van der Waals surface area contributed by atoms with Gasteiger partial charge in [0.05, 0.1) is 23.2 Å². The van der Waals surface area contributed by atoms with Crippen molar-refractivity contribution < 1.29 is 4.74 Å². The van der Waals surface area contributed by atoms with Crippen LogP contribution in [0.25, 0.3) is 0 Å². The molecule has 20 heavy (non-hydrogen) atoms.